The molecule has 25 heavy (non-hydrogen) atoms. The number of para-hydroxylation sites is 2. The molecule has 0 amide bonds. The van der Waals surface area contributed by atoms with Gasteiger partial charge in [-0.15, -0.1) is 0 Å². The van der Waals surface area contributed by atoms with E-state index in [-0.39, 0.29) is 18.9 Å². The Morgan fingerprint density at radius 1 is 1.12 bits per heavy atom. The summed E-state index contributed by atoms with van der Waals surface area (Å²) < 4.78 is 16.9. The van der Waals surface area contributed by atoms with E-state index in [0.29, 0.717) is 24.1 Å². The lowest BCUT2D eigenvalue weighted by molar-refractivity contribution is -0.143. The first-order valence-corrected chi connectivity index (χ1v) is 8.04. The summed E-state index contributed by atoms with van der Waals surface area (Å²) in [6.45, 7) is 0.531. The van der Waals surface area contributed by atoms with E-state index in [0.717, 1.165) is 11.3 Å². The fraction of sp³-hybridized carbons (Fsp3) is 0.263. The molecule has 0 aliphatic heterocycles. The van der Waals surface area contributed by atoms with Crippen molar-refractivity contribution in [2.75, 3.05) is 13.7 Å². The number of carbonyl (C=O) groups excluding carboxylic acids is 1. The largest absolute Gasteiger partial charge is 0.497 e. The van der Waals surface area contributed by atoms with Gasteiger partial charge < -0.3 is 13.9 Å². The first kappa shape index (κ1) is 16.8. The number of hydrogen-bond acceptors (Lipinski definition) is 5. The van der Waals surface area contributed by atoms with Gasteiger partial charge in [0.15, 0.2) is 5.58 Å². The third-order valence-electron chi connectivity index (χ3n) is 3.93. The highest BCUT2D eigenvalue weighted by Crippen LogP contribution is 2.13. The highest BCUT2D eigenvalue weighted by molar-refractivity contribution is 5.73. The standard InChI is InChI=1S/C19H19NO5/c1-23-15-8-6-14(7-9-15)11-13-24-18(21)10-12-20-16-4-2-3-5-17(16)25-19(20)22/h2-9H,10-13H2,1H3. The number of esters is 1. The van der Waals surface area contributed by atoms with Gasteiger partial charge in [0.1, 0.15) is 5.75 Å². The van der Waals surface area contributed by atoms with Gasteiger partial charge >= 0.3 is 11.7 Å². The molecule has 0 bridgehead atoms. The summed E-state index contributed by atoms with van der Waals surface area (Å²) in [5.41, 5.74) is 2.25. The van der Waals surface area contributed by atoms with Gasteiger partial charge in [0.05, 0.1) is 25.7 Å². The lowest BCUT2D eigenvalue weighted by Crippen LogP contribution is -2.18. The van der Waals surface area contributed by atoms with Gasteiger partial charge in [-0.2, -0.15) is 0 Å². The minimum Gasteiger partial charge on any atom is -0.497 e. The molecule has 3 aromatic rings. The highest BCUT2D eigenvalue weighted by Gasteiger charge is 2.11. The Hall–Kier alpha value is -3.02. The van der Waals surface area contributed by atoms with Crippen LogP contribution in [0.25, 0.3) is 11.1 Å². The van der Waals surface area contributed by atoms with Crippen molar-refractivity contribution in [2.24, 2.45) is 0 Å². The summed E-state index contributed by atoms with van der Waals surface area (Å²) in [6.07, 6.45) is 0.746. The molecule has 0 fully saturated rings. The molecule has 1 heterocycles. The Bertz CT molecular complexity index is 907. The quantitative estimate of drug-likeness (QED) is 0.618. The van der Waals surface area contributed by atoms with E-state index in [9.17, 15) is 9.59 Å². The van der Waals surface area contributed by atoms with Crippen molar-refractivity contribution < 1.29 is 18.7 Å². The summed E-state index contributed by atoms with van der Waals surface area (Å²) in [6, 6.07) is 14.7. The minimum absolute atomic E-state index is 0.117. The van der Waals surface area contributed by atoms with Crippen LogP contribution in [0, 0.1) is 0 Å². The van der Waals surface area contributed by atoms with Crippen molar-refractivity contribution in [3.63, 3.8) is 0 Å². The molecule has 0 N–H and O–H groups in total. The summed E-state index contributed by atoms with van der Waals surface area (Å²) in [5, 5.41) is 0. The summed E-state index contributed by atoms with van der Waals surface area (Å²) in [7, 11) is 1.62. The van der Waals surface area contributed by atoms with Crippen LogP contribution in [0.15, 0.2) is 57.7 Å². The minimum atomic E-state index is -0.466. The third kappa shape index (κ3) is 4.09. The number of aryl methyl sites for hydroxylation is 1. The van der Waals surface area contributed by atoms with Crippen LogP contribution in [-0.2, 0) is 22.5 Å². The molecule has 0 saturated carbocycles. The molecule has 0 saturated heterocycles. The Balaban J connectivity index is 1.49. The van der Waals surface area contributed by atoms with Crippen LogP contribution >= 0.6 is 0 Å². The van der Waals surface area contributed by atoms with E-state index in [4.69, 9.17) is 13.9 Å². The van der Waals surface area contributed by atoms with Crippen LogP contribution in [0.1, 0.15) is 12.0 Å². The maximum Gasteiger partial charge on any atom is 0.419 e. The van der Waals surface area contributed by atoms with E-state index < -0.39 is 5.76 Å². The monoisotopic (exact) mass is 341 g/mol. The lowest BCUT2D eigenvalue weighted by atomic mass is 10.1. The molecule has 0 aliphatic carbocycles. The topological polar surface area (TPSA) is 70.7 Å². The summed E-state index contributed by atoms with van der Waals surface area (Å²) >= 11 is 0. The van der Waals surface area contributed by atoms with E-state index in [1.165, 1.54) is 4.57 Å². The second kappa shape index (κ2) is 7.70. The number of benzene rings is 2. The zero-order valence-electron chi connectivity index (χ0n) is 13.9. The highest BCUT2D eigenvalue weighted by atomic mass is 16.5. The molecule has 0 radical (unpaired) electrons. The van der Waals surface area contributed by atoms with Crippen LogP contribution < -0.4 is 10.5 Å². The second-order valence-corrected chi connectivity index (χ2v) is 5.56. The molecule has 2 aromatic carbocycles. The maximum atomic E-state index is 11.9. The van der Waals surface area contributed by atoms with Crippen LogP contribution in [0.5, 0.6) is 5.75 Å². The van der Waals surface area contributed by atoms with E-state index in [2.05, 4.69) is 0 Å². The summed E-state index contributed by atoms with van der Waals surface area (Å²) in [5.74, 6) is -0.0172. The molecule has 0 spiro atoms. The number of ether oxygens (including phenoxy) is 2. The Kier molecular flexibility index (Phi) is 5.18. The van der Waals surface area contributed by atoms with Gasteiger partial charge in [-0.25, -0.2) is 4.79 Å². The molecule has 130 valence electrons. The maximum absolute atomic E-state index is 11.9. The normalized spacial score (nSPS) is 10.8. The Morgan fingerprint density at radius 3 is 2.64 bits per heavy atom. The molecule has 6 heteroatoms. The number of nitrogens with zero attached hydrogens (tertiary/aromatic N) is 1. The van der Waals surface area contributed by atoms with Crippen LogP contribution in [0.2, 0.25) is 0 Å². The van der Waals surface area contributed by atoms with Gasteiger partial charge in [-0.1, -0.05) is 24.3 Å². The average Bonchev–Trinajstić information content (AvgIpc) is 2.95. The Labute approximate surface area is 144 Å². The summed E-state index contributed by atoms with van der Waals surface area (Å²) in [4.78, 5) is 23.7. The zero-order valence-corrected chi connectivity index (χ0v) is 13.9. The van der Waals surface area contributed by atoms with Gasteiger partial charge in [-0.3, -0.25) is 9.36 Å². The SMILES string of the molecule is COc1ccc(CCOC(=O)CCn2c(=O)oc3ccccc32)cc1. The number of fused-ring (bicyclic) bond motifs is 1. The first-order chi connectivity index (χ1) is 12.2. The number of aromatic nitrogens is 1. The zero-order chi connectivity index (χ0) is 17.6. The van der Waals surface area contributed by atoms with Gasteiger partial charge in [0, 0.05) is 13.0 Å². The predicted octanol–water partition coefficient (Wildman–Crippen LogP) is 2.78. The predicted molar refractivity (Wildman–Crippen MR) is 92.7 cm³/mol. The number of oxazole rings is 1. The van der Waals surface area contributed by atoms with Gasteiger partial charge in [0.2, 0.25) is 0 Å². The molecule has 0 aliphatic rings. The molecular weight excluding hydrogens is 322 g/mol. The van der Waals surface area contributed by atoms with Crippen molar-refractivity contribution in [1.82, 2.24) is 4.57 Å². The molecule has 0 atom stereocenters. The lowest BCUT2D eigenvalue weighted by Gasteiger charge is -2.06. The van der Waals surface area contributed by atoms with E-state index >= 15 is 0 Å². The first-order valence-electron chi connectivity index (χ1n) is 8.04. The number of carbonyl (C=O) groups is 1. The van der Waals surface area contributed by atoms with Crippen LogP contribution in [0.3, 0.4) is 0 Å². The fourth-order valence-corrected chi connectivity index (χ4v) is 2.58. The van der Waals surface area contributed by atoms with Crippen molar-refractivity contribution in [2.45, 2.75) is 19.4 Å². The Morgan fingerprint density at radius 2 is 1.88 bits per heavy atom. The smallest absolute Gasteiger partial charge is 0.419 e. The van der Waals surface area contributed by atoms with Crippen molar-refractivity contribution in [3.05, 3.63) is 64.6 Å². The van der Waals surface area contributed by atoms with E-state index in [1.54, 1.807) is 25.3 Å². The molecular formula is C19H19NO5. The van der Waals surface area contributed by atoms with Crippen LogP contribution in [-0.4, -0.2) is 24.3 Å². The number of methoxy groups -OCH3 is 1. The van der Waals surface area contributed by atoms with Gasteiger partial charge in [-0.05, 0) is 29.8 Å². The molecule has 0 unspecified atom stereocenters. The third-order valence-corrected chi connectivity index (χ3v) is 3.93. The van der Waals surface area contributed by atoms with E-state index in [1.807, 2.05) is 30.3 Å². The van der Waals surface area contributed by atoms with Crippen LogP contribution in [0.4, 0.5) is 0 Å². The van der Waals surface area contributed by atoms with Gasteiger partial charge in [0.25, 0.3) is 0 Å². The molecule has 3 rings (SSSR count). The second-order valence-electron chi connectivity index (χ2n) is 5.56. The molecule has 6 nitrogen and oxygen atoms in total. The number of hydrogen-bond donors (Lipinski definition) is 0. The van der Waals surface area contributed by atoms with Crippen molar-refractivity contribution in [3.8, 4) is 5.75 Å². The van der Waals surface area contributed by atoms with Crippen molar-refractivity contribution >= 4 is 17.1 Å². The molecule has 1 aromatic heterocycles. The van der Waals surface area contributed by atoms with Crippen molar-refractivity contribution in [1.29, 1.82) is 0 Å². The fourth-order valence-electron chi connectivity index (χ4n) is 2.58. The average molecular weight is 341 g/mol. The number of rotatable bonds is 7.